The number of nitrogens with one attached hydrogen (secondary N) is 1. The largest absolute Gasteiger partial charge is 0.355 e. The van der Waals surface area contributed by atoms with Crippen LogP contribution >= 0.6 is 34.7 Å². The van der Waals surface area contributed by atoms with Gasteiger partial charge in [-0.05, 0) is 30.9 Å². The predicted molar refractivity (Wildman–Crippen MR) is 130 cm³/mol. The number of benzene rings is 1. The molecule has 5 aromatic rings. The third-order valence-corrected chi connectivity index (χ3v) is 9.17. The summed E-state index contributed by atoms with van der Waals surface area (Å²) in [6.07, 6.45) is 1.82. The van der Waals surface area contributed by atoms with Crippen molar-refractivity contribution in [2.45, 2.75) is 12.3 Å². The van der Waals surface area contributed by atoms with Gasteiger partial charge < -0.3 is 10.6 Å². The Balaban J connectivity index is 1.18. The molecule has 1 saturated heterocycles. The van der Waals surface area contributed by atoms with E-state index < -0.39 is 0 Å². The molecule has 1 aliphatic heterocycles. The maximum atomic E-state index is 6.60. The molecule has 0 amide bonds. The minimum absolute atomic E-state index is 0.0219. The van der Waals surface area contributed by atoms with Crippen molar-refractivity contribution in [3.8, 4) is 11.3 Å². The number of thiazole rings is 1. The highest BCUT2D eigenvalue weighted by molar-refractivity contribution is 7.09. The molecule has 7 rings (SSSR count). The maximum Gasteiger partial charge on any atom is 0.177 e. The van der Waals surface area contributed by atoms with Crippen molar-refractivity contribution >= 4 is 62.7 Å². The lowest BCUT2D eigenvalue weighted by atomic mass is 10.0. The van der Waals surface area contributed by atoms with E-state index in [0.717, 1.165) is 47.4 Å². The van der Waals surface area contributed by atoms with Crippen molar-refractivity contribution in [2.75, 3.05) is 24.5 Å². The molecule has 1 aliphatic carbocycles. The van der Waals surface area contributed by atoms with E-state index in [9.17, 15) is 0 Å². The zero-order valence-corrected chi connectivity index (χ0v) is 19.9. The van der Waals surface area contributed by atoms with Crippen LogP contribution in [0.5, 0.6) is 0 Å². The number of aryl methyl sites for hydroxylation is 1. The quantitative estimate of drug-likeness (QED) is 0.389. The Morgan fingerprint density at radius 1 is 1.21 bits per heavy atom. The number of hydrogen-bond donors (Lipinski definition) is 2. The summed E-state index contributed by atoms with van der Waals surface area (Å²) < 4.78 is 8.53. The maximum absolute atomic E-state index is 6.60. The number of fused-ring (bicyclic) bond motifs is 3. The van der Waals surface area contributed by atoms with Gasteiger partial charge in [0.15, 0.2) is 5.65 Å². The van der Waals surface area contributed by atoms with E-state index in [2.05, 4.69) is 29.2 Å². The molecule has 9 nitrogen and oxygen atoms in total. The van der Waals surface area contributed by atoms with Crippen LogP contribution in [-0.2, 0) is 5.41 Å². The summed E-state index contributed by atoms with van der Waals surface area (Å²) in [6.45, 7) is 4.48. The number of aromatic nitrogens is 7. The summed E-state index contributed by atoms with van der Waals surface area (Å²) in [7, 11) is 0. The molecule has 1 saturated carbocycles. The van der Waals surface area contributed by atoms with Gasteiger partial charge in [0, 0.05) is 41.7 Å². The summed E-state index contributed by atoms with van der Waals surface area (Å²) in [5.74, 6) is 1.84. The zero-order valence-electron chi connectivity index (χ0n) is 17.5. The van der Waals surface area contributed by atoms with Gasteiger partial charge in [0.1, 0.15) is 33.1 Å². The number of anilines is 1. The summed E-state index contributed by atoms with van der Waals surface area (Å²) in [5.41, 5.74) is 11.5. The molecule has 0 bridgehead atoms. The molecule has 2 aliphatic rings. The first-order chi connectivity index (χ1) is 16.1. The fraction of sp³-hybridized carbons (Fsp3) is 0.333. The number of aromatic amines is 1. The second-order valence-corrected chi connectivity index (χ2v) is 10.5. The number of halogens is 1. The first kappa shape index (κ1) is 19.7. The van der Waals surface area contributed by atoms with Gasteiger partial charge in [-0.25, -0.2) is 15.0 Å². The first-order valence-electron chi connectivity index (χ1n) is 10.6. The van der Waals surface area contributed by atoms with Gasteiger partial charge in [-0.15, -0.1) is 11.3 Å². The number of rotatable bonds is 4. The number of H-pyrrole nitrogens is 1. The van der Waals surface area contributed by atoms with Crippen molar-refractivity contribution in [3.63, 3.8) is 0 Å². The zero-order chi connectivity index (χ0) is 22.3. The predicted octanol–water partition coefficient (Wildman–Crippen LogP) is 3.41. The van der Waals surface area contributed by atoms with E-state index in [1.165, 1.54) is 5.01 Å². The normalized spacial score (nSPS) is 24.2. The highest BCUT2D eigenvalue weighted by Crippen LogP contribution is 2.63. The molecule has 2 fully saturated rings. The summed E-state index contributed by atoms with van der Waals surface area (Å²) in [4.78, 5) is 16.6. The highest BCUT2D eigenvalue weighted by atomic mass is 35.5. The van der Waals surface area contributed by atoms with Crippen LogP contribution in [-0.4, -0.2) is 53.5 Å². The Morgan fingerprint density at radius 2 is 2.06 bits per heavy atom. The molecule has 33 heavy (non-hydrogen) atoms. The van der Waals surface area contributed by atoms with Crippen molar-refractivity contribution < 1.29 is 0 Å². The van der Waals surface area contributed by atoms with Gasteiger partial charge in [-0.2, -0.15) is 13.8 Å². The van der Waals surface area contributed by atoms with E-state index in [1.807, 2.05) is 25.3 Å². The lowest BCUT2D eigenvalue weighted by Gasteiger charge is -2.25. The Hall–Kier alpha value is -2.73. The Bertz CT molecular complexity index is 1530. The molecule has 3 atom stereocenters. The van der Waals surface area contributed by atoms with Crippen LogP contribution in [0.4, 0.5) is 5.82 Å². The molecule has 0 radical (unpaired) electrons. The molecule has 1 aromatic carbocycles. The van der Waals surface area contributed by atoms with E-state index >= 15 is 0 Å². The third-order valence-electron chi connectivity index (χ3n) is 7.09. The van der Waals surface area contributed by atoms with Gasteiger partial charge in [0.05, 0.1) is 22.9 Å². The molecule has 5 heterocycles. The second kappa shape index (κ2) is 6.89. The third kappa shape index (κ3) is 2.67. The fourth-order valence-corrected chi connectivity index (χ4v) is 7.35. The minimum Gasteiger partial charge on any atom is -0.355 e. The van der Waals surface area contributed by atoms with Crippen LogP contribution in [0.2, 0.25) is 5.02 Å². The standard InChI is InChI=1S/C21H18ClN9S2/c1-9-7-32-20(25-9)21(8-23)11-5-31(6-12(11)21)14-4-24-18-16(27-28-19(18)26-14)10-2-3-13-17(15(10)22)30-33-29-13/h2-4,7,11-12H,5-6,8,23H2,1H3,(H,26,27,28)/t11-,12+,21-. The lowest BCUT2D eigenvalue weighted by molar-refractivity contribution is 0.549. The Labute approximate surface area is 201 Å². The van der Waals surface area contributed by atoms with Crippen molar-refractivity contribution in [1.82, 2.24) is 33.9 Å². The Morgan fingerprint density at radius 3 is 2.82 bits per heavy atom. The van der Waals surface area contributed by atoms with Crippen LogP contribution in [0, 0.1) is 18.8 Å². The number of nitrogens with zero attached hydrogens (tertiary/aromatic N) is 7. The van der Waals surface area contributed by atoms with Crippen LogP contribution in [0.3, 0.4) is 0 Å². The van der Waals surface area contributed by atoms with E-state index in [-0.39, 0.29) is 5.41 Å². The topological polar surface area (TPSA) is 122 Å². The Kier molecular flexibility index (Phi) is 4.12. The van der Waals surface area contributed by atoms with Crippen molar-refractivity contribution in [3.05, 3.63) is 39.4 Å². The molecule has 4 aromatic heterocycles. The van der Waals surface area contributed by atoms with Gasteiger partial charge >= 0.3 is 0 Å². The van der Waals surface area contributed by atoms with E-state index in [0.29, 0.717) is 45.8 Å². The van der Waals surface area contributed by atoms with Gasteiger partial charge in [-0.3, -0.25) is 5.10 Å². The summed E-state index contributed by atoms with van der Waals surface area (Å²) >= 11 is 9.48. The number of piperidine rings is 1. The highest BCUT2D eigenvalue weighted by Gasteiger charge is 2.69. The lowest BCUT2D eigenvalue weighted by Crippen LogP contribution is -2.35. The van der Waals surface area contributed by atoms with Gasteiger partial charge in [-0.1, -0.05) is 11.6 Å². The van der Waals surface area contributed by atoms with Gasteiger partial charge in [0.25, 0.3) is 0 Å². The summed E-state index contributed by atoms with van der Waals surface area (Å²) in [6, 6.07) is 3.80. The van der Waals surface area contributed by atoms with Crippen molar-refractivity contribution in [1.29, 1.82) is 0 Å². The molecular weight excluding hydrogens is 478 g/mol. The second-order valence-electron chi connectivity index (χ2n) is 8.71. The monoisotopic (exact) mass is 495 g/mol. The molecular formula is C21H18ClN9S2. The molecule has 166 valence electrons. The van der Waals surface area contributed by atoms with Crippen molar-refractivity contribution in [2.24, 2.45) is 17.6 Å². The fourth-order valence-electron chi connectivity index (χ4n) is 5.33. The van der Waals surface area contributed by atoms with Crippen LogP contribution < -0.4 is 10.6 Å². The average Bonchev–Trinajstić information content (AvgIpc) is 3.46. The minimum atomic E-state index is 0.0219. The first-order valence-corrected chi connectivity index (χ1v) is 12.6. The SMILES string of the molecule is Cc1csc([C@]2(CN)[C@@H]3CN(c4cnc5c(-c6ccc7nsnc7c6Cl)n[nH]c5n4)C[C@@H]32)n1. The van der Waals surface area contributed by atoms with Crippen LogP contribution in [0.25, 0.3) is 33.5 Å². The van der Waals surface area contributed by atoms with Gasteiger partial charge in [0.2, 0.25) is 0 Å². The van der Waals surface area contributed by atoms with E-state index in [4.69, 9.17) is 32.3 Å². The number of nitrogens with two attached hydrogens (primary N) is 1. The van der Waals surface area contributed by atoms with E-state index in [1.54, 1.807) is 11.3 Å². The average molecular weight is 496 g/mol. The summed E-state index contributed by atoms with van der Waals surface area (Å²) in [5, 5.41) is 11.3. The molecule has 3 N–H and O–H groups in total. The number of hydrogen-bond acceptors (Lipinski definition) is 10. The molecule has 0 spiro atoms. The smallest absolute Gasteiger partial charge is 0.177 e. The van der Waals surface area contributed by atoms with Crippen LogP contribution in [0.15, 0.2) is 23.7 Å². The molecule has 0 unspecified atom stereocenters. The molecule has 12 heteroatoms. The van der Waals surface area contributed by atoms with Crippen LogP contribution in [0.1, 0.15) is 10.7 Å².